The first kappa shape index (κ1) is 30.4. The van der Waals surface area contributed by atoms with E-state index in [1.165, 1.54) is 6.92 Å². The predicted molar refractivity (Wildman–Crippen MR) is 144 cm³/mol. The number of halogens is 3. The fraction of sp³-hybridized carbons (Fsp3) is 0.154. The molecule has 1 aliphatic rings. The molecule has 0 aliphatic carbocycles. The molecule has 10 heteroatoms. The van der Waals surface area contributed by atoms with Gasteiger partial charge in [-0.15, -0.1) is 0 Å². The van der Waals surface area contributed by atoms with Gasteiger partial charge < -0.3 is 28.2 Å². The monoisotopic (exact) mass is 811 g/mol. The largest absolute Gasteiger partial charge is 2.00 e. The van der Waals surface area contributed by atoms with E-state index in [-0.39, 0.29) is 56.4 Å². The average molecular weight is 813 g/mol. The number of hydrogen-bond acceptors (Lipinski definition) is 4. The summed E-state index contributed by atoms with van der Waals surface area (Å²) in [5, 5.41) is 9.86. The van der Waals surface area contributed by atoms with Crippen LogP contribution in [0.2, 0.25) is 10.0 Å². The Bertz CT molecular complexity index is 1310. The molecule has 2 amide bonds. The van der Waals surface area contributed by atoms with Gasteiger partial charge in [0.15, 0.2) is 0 Å². The summed E-state index contributed by atoms with van der Waals surface area (Å²) in [6.07, 6.45) is 1.99. The van der Waals surface area contributed by atoms with E-state index in [1.807, 2.05) is 12.1 Å². The summed E-state index contributed by atoms with van der Waals surface area (Å²) in [5.41, 5.74) is 1.50. The molecule has 0 aromatic heterocycles. The average Bonchev–Trinajstić information content (AvgIpc) is 3.03. The minimum absolute atomic E-state index is 0. The fourth-order valence-corrected chi connectivity index (χ4v) is 4.74. The third-order valence-electron chi connectivity index (χ3n) is 5.53. The third-order valence-corrected chi connectivity index (χ3v) is 6.50. The second kappa shape index (κ2) is 12.6. The minimum Gasteiger partial charge on any atom is -0.540 e. The summed E-state index contributed by atoms with van der Waals surface area (Å²) >= 11 is 15.8. The van der Waals surface area contributed by atoms with Crippen molar-refractivity contribution in [1.82, 2.24) is 5.32 Å². The van der Waals surface area contributed by atoms with Crippen molar-refractivity contribution in [1.29, 1.82) is 0 Å². The molecule has 0 saturated heterocycles. The van der Waals surface area contributed by atoms with Gasteiger partial charge in [-0.3, -0.25) is 9.59 Å². The number of benzene rings is 3. The molecule has 1 unspecified atom stereocenters. The van der Waals surface area contributed by atoms with E-state index < -0.39 is 17.5 Å². The number of amides is 2. The van der Waals surface area contributed by atoms with Crippen LogP contribution in [0.3, 0.4) is 0 Å². The molecule has 36 heavy (non-hydrogen) atoms. The van der Waals surface area contributed by atoms with Crippen LogP contribution >= 0.6 is 39.1 Å². The molecule has 6 nitrogen and oxygen atoms in total. The van der Waals surface area contributed by atoms with E-state index in [2.05, 4.69) is 31.9 Å². The Balaban J connectivity index is 0.00000228. The van der Waals surface area contributed by atoms with Gasteiger partial charge in [-0.05, 0) is 48.0 Å². The summed E-state index contributed by atoms with van der Waals surface area (Å²) < 4.78 is 0.703. The van der Waals surface area contributed by atoms with Crippen LogP contribution in [0, 0.1) is 38.5 Å². The first-order valence-electron chi connectivity index (χ1n) is 10.3. The zero-order valence-corrected chi connectivity index (χ0v) is 26.7. The van der Waals surface area contributed by atoms with Gasteiger partial charge >= 0.3 is 31.1 Å². The number of fused-ring (bicyclic) bond motifs is 1. The molecule has 0 radical (unpaired) electrons. The van der Waals surface area contributed by atoms with Crippen molar-refractivity contribution in [3.8, 4) is 0 Å². The summed E-state index contributed by atoms with van der Waals surface area (Å²) in [4.78, 5) is 37.4. The second-order valence-electron chi connectivity index (χ2n) is 7.98. The molecule has 184 valence electrons. The van der Waals surface area contributed by atoms with E-state index >= 15 is 0 Å². The normalized spacial score (nSPS) is 16.5. The molecule has 0 saturated carbocycles. The topological polar surface area (TPSA) is 87.3 Å². The van der Waals surface area contributed by atoms with Gasteiger partial charge in [0.05, 0.1) is 5.56 Å². The number of rotatable bonds is 7. The summed E-state index contributed by atoms with van der Waals surface area (Å²) in [5.74, 6) is -0.774. The van der Waals surface area contributed by atoms with Gasteiger partial charge in [0.2, 0.25) is 0 Å². The number of nitrogens with one attached hydrogen (secondary N) is 3. The third kappa shape index (κ3) is 6.35. The Hall–Kier alpha value is -1.82. The molecule has 4 rings (SSSR count). The van der Waals surface area contributed by atoms with Crippen LogP contribution in [0.1, 0.15) is 28.4 Å². The van der Waals surface area contributed by atoms with Gasteiger partial charge in [0.25, 0.3) is 11.8 Å². The van der Waals surface area contributed by atoms with Gasteiger partial charge in [-0.25, -0.2) is 6.29 Å². The molecule has 0 spiro atoms. The Kier molecular flexibility index (Phi) is 10.7. The van der Waals surface area contributed by atoms with Crippen LogP contribution in [-0.4, -0.2) is 24.1 Å². The molecule has 0 bridgehead atoms. The van der Waals surface area contributed by atoms with Crippen molar-refractivity contribution in [2.45, 2.75) is 24.9 Å². The van der Waals surface area contributed by atoms with Gasteiger partial charge in [-0.1, -0.05) is 70.3 Å². The predicted octanol–water partition coefficient (Wildman–Crippen LogP) is 5.94. The maximum atomic E-state index is 13.5. The van der Waals surface area contributed by atoms with Crippen LogP contribution in [0.25, 0.3) is 0 Å². The summed E-state index contributed by atoms with van der Waals surface area (Å²) in [6, 6.07) is 16.7. The SMILES string of the molecule is C[C@H]([C-]=O)NC(=O)c1ccc(Br)cc1NC1(Cc2cccc(Cl)c2)C(=O)Nc2cc(Cl)ccc21.[CH3-].[U+2]. The number of hydrogen-bond donors (Lipinski definition) is 3. The number of carbonyl (C=O) groups excluding carboxylic acids is 3. The Morgan fingerprint density at radius 2 is 1.83 bits per heavy atom. The maximum absolute atomic E-state index is 13.5. The second-order valence-corrected chi connectivity index (χ2v) is 9.77. The van der Waals surface area contributed by atoms with E-state index in [0.717, 1.165) is 5.56 Å². The van der Waals surface area contributed by atoms with E-state index in [1.54, 1.807) is 54.8 Å². The molecule has 1 heterocycles. The zero-order chi connectivity index (χ0) is 24.5. The maximum Gasteiger partial charge on any atom is 2.00 e. The molecular formula is C26H22BrCl2N3O3U. The molecule has 3 aromatic rings. The standard InChI is InChI=1S/C25H19BrCl2N3O3.CH3.U/c1-14(13-32)29-23(33)19-7-5-16(26)10-21(19)31-25(12-15-3-2-4-17(27)9-15)20-8-6-18(28)11-22(20)30-24(25)34;;/h2-11,14,31H,12H2,1H3,(H,29,33)(H,30,34);1H3;/q2*-1;+2/t14-,25?;;/m1../s1. The summed E-state index contributed by atoms with van der Waals surface area (Å²) in [7, 11) is 0. The molecular weight excluding hydrogens is 791 g/mol. The Labute approximate surface area is 252 Å². The van der Waals surface area contributed by atoms with E-state index in [0.29, 0.717) is 31.5 Å². The molecule has 0 fully saturated rings. The van der Waals surface area contributed by atoms with Crippen molar-refractivity contribution in [2.75, 3.05) is 10.6 Å². The van der Waals surface area contributed by atoms with Crippen LogP contribution in [0.5, 0.6) is 0 Å². The number of anilines is 2. The van der Waals surface area contributed by atoms with Crippen molar-refractivity contribution >= 4 is 68.6 Å². The van der Waals surface area contributed by atoms with Crippen molar-refractivity contribution in [3.05, 3.63) is 99.3 Å². The van der Waals surface area contributed by atoms with Gasteiger partial charge in [0.1, 0.15) is 5.54 Å². The quantitative estimate of drug-likeness (QED) is 0.258. The Morgan fingerprint density at radius 3 is 2.53 bits per heavy atom. The van der Waals surface area contributed by atoms with Crippen LogP contribution in [0.15, 0.2) is 65.1 Å². The minimum atomic E-state index is -1.26. The first-order valence-corrected chi connectivity index (χ1v) is 11.9. The van der Waals surface area contributed by atoms with Crippen molar-refractivity contribution < 1.29 is 45.5 Å². The number of carbonyl (C=O) groups is 2. The van der Waals surface area contributed by atoms with Crippen LogP contribution in [-0.2, 0) is 21.5 Å². The van der Waals surface area contributed by atoms with Gasteiger partial charge in [-0.2, -0.15) is 0 Å². The van der Waals surface area contributed by atoms with Crippen molar-refractivity contribution in [3.63, 3.8) is 0 Å². The first-order chi connectivity index (χ1) is 16.2. The van der Waals surface area contributed by atoms with Crippen LogP contribution < -0.4 is 16.0 Å². The molecule has 1 aliphatic heterocycles. The summed E-state index contributed by atoms with van der Waals surface area (Å²) in [6.45, 7) is 1.53. The Morgan fingerprint density at radius 1 is 1.11 bits per heavy atom. The van der Waals surface area contributed by atoms with E-state index in [9.17, 15) is 14.4 Å². The van der Waals surface area contributed by atoms with Gasteiger partial charge in [0, 0.05) is 37.9 Å². The zero-order valence-electron chi connectivity index (χ0n) is 19.4. The van der Waals surface area contributed by atoms with Crippen LogP contribution in [0.4, 0.5) is 11.4 Å². The fourth-order valence-electron chi connectivity index (χ4n) is 3.99. The smallest absolute Gasteiger partial charge is 0.540 e. The molecule has 3 N–H and O–H groups in total. The van der Waals surface area contributed by atoms with Crippen molar-refractivity contribution in [2.24, 2.45) is 0 Å². The van der Waals surface area contributed by atoms with E-state index in [4.69, 9.17) is 23.2 Å². The molecule has 3 aromatic carbocycles. The molecule has 2 atom stereocenters.